The van der Waals surface area contributed by atoms with Gasteiger partial charge in [0.2, 0.25) is 0 Å². The Morgan fingerprint density at radius 1 is 1.05 bits per heavy atom. The van der Waals surface area contributed by atoms with Gasteiger partial charge in [0, 0.05) is 5.69 Å². The Balaban J connectivity index is 2.64. The van der Waals surface area contributed by atoms with Crippen LogP contribution in [0.3, 0.4) is 0 Å². The van der Waals surface area contributed by atoms with E-state index in [9.17, 15) is 10.0 Å². The topological polar surface area (TPSA) is 58.3 Å². The molecule has 106 valence electrons. The van der Waals surface area contributed by atoms with Gasteiger partial charge in [0.25, 0.3) is 0 Å². The SMILES string of the molecule is Cc1cc(C)n(-c2cc(B(O)O)cc(C(C)(C)C)c2)n1. The summed E-state index contributed by atoms with van der Waals surface area (Å²) in [4.78, 5) is 0. The van der Waals surface area contributed by atoms with E-state index in [4.69, 9.17) is 0 Å². The fourth-order valence-corrected chi connectivity index (χ4v) is 2.23. The molecule has 2 rings (SSSR count). The number of benzene rings is 1. The third-order valence-corrected chi connectivity index (χ3v) is 3.36. The van der Waals surface area contributed by atoms with Crippen molar-refractivity contribution in [3.8, 4) is 5.69 Å². The number of hydrogen-bond acceptors (Lipinski definition) is 3. The average Bonchev–Trinajstić information content (AvgIpc) is 2.66. The highest BCUT2D eigenvalue weighted by Gasteiger charge is 2.20. The first-order chi connectivity index (χ1) is 9.18. The second kappa shape index (κ2) is 5.07. The van der Waals surface area contributed by atoms with Gasteiger partial charge in [-0.2, -0.15) is 5.10 Å². The normalized spacial score (nSPS) is 11.8. The number of nitrogens with zero attached hydrogens (tertiary/aromatic N) is 2. The molecule has 20 heavy (non-hydrogen) atoms. The average molecular weight is 272 g/mol. The molecule has 5 heteroatoms. The fraction of sp³-hybridized carbons (Fsp3) is 0.400. The van der Waals surface area contributed by atoms with Crippen molar-refractivity contribution in [2.24, 2.45) is 0 Å². The van der Waals surface area contributed by atoms with Gasteiger partial charge in [0.1, 0.15) is 0 Å². The molecule has 0 bridgehead atoms. The van der Waals surface area contributed by atoms with Crippen LogP contribution in [0.5, 0.6) is 0 Å². The molecule has 1 heterocycles. The van der Waals surface area contributed by atoms with Crippen molar-refractivity contribution >= 4 is 12.6 Å². The van der Waals surface area contributed by atoms with Crippen molar-refractivity contribution in [2.75, 3.05) is 0 Å². The van der Waals surface area contributed by atoms with Crippen LogP contribution in [-0.2, 0) is 5.41 Å². The monoisotopic (exact) mass is 272 g/mol. The van der Waals surface area contributed by atoms with E-state index >= 15 is 0 Å². The molecule has 0 radical (unpaired) electrons. The van der Waals surface area contributed by atoms with Gasteiger partial charge in [-0.15, -0.1) is 0 Å². The van der Waals surface area contributed by atoms with Crippen LogP contribution < -0.4 is 5.46 Å². The molecule has 0 aliphatic rings. The van der Waals surface area contributed by atoms with Gasteiger partial charge in [-0.25, -0.2) is 4.68 Å². The molecule has 0 aliphatic heterocycles. The van der Waals surface area contributed by atoms with Crippen LogP contribution in [0.25, 0.3) is 5.69 Å². The summed E-state index contributed by atoms with van der Waals surface area (Å²) in [5.74, 6) is 0. The molecule has 0 amide bonds. The first-order valence-corrected chi connectivity index (χ1v) is 6.74. The summed E-state index contributed by atoms with van der Waals surface area (Å²) in [5.41, 5.74) is 4.27. The molecule has 2 N–H and O–H groups in total. The Kier molecular flexibility index (Phi) is 3.76. The Morgan fingerprint density at radius 2 is 1.70 bits per heavy atom. The van der Waals surface area contributed by atoms with Crippen molar-refractivity contribution in [1.82, 2.24) is 9.78 Å². The standard InChI is InChI=1S/C15H21BN2O2/c1-10-6-11(2)18(17-10)14-8-12(15(3,4)5)7-13(9-14)16(19)20/h6-9,19-20H,1-5H3. The molecular formula is C15H21BN2O2. The van der Waals surface area contributed by atoms with E-state index in [0.717, 1.165) is 22.6 Å². The van der Waals surface area contributed by atoms with Crippen LogP contribution in [0.4, 0.5) is 0 Å². The highest BCUT2D eigenvalue weighted by atomic mass is 16.4. The van der Waals surface area contributed by atoms with Crippen LogP contribution in [0, 0.1) is 13.8 Å². The van der Waals surface area contributed by atoms with Crippen LogP contribution in [0.1, 0.15) is 37.7 Å². The Hall–Kier alpha value is -1.59. The molecule has 0 saturated carbocycles. The fourth-order valence-electron chi connectivity index (χ4n) is 2.23. The first kappa shape index (κ1) is 14.8. The van der Waals surface area contributed by atoms with Crippen molar-refractivity contribution in [3.63, 3.8) is 0 Å². The largest absolute Gasteiger partial charge is 0.488 e. The van der Waals surface area contributed by atoms with E-state index in [1.807, 2.05) is 36.7 Å². The van der Waals surface area contributed by atoms with Crippen LogP contribution in [-0.4, -0.2) is 26.9 Å². The van der Waals surface area contributed by atoms with Crippen molar-refractivity contribution < 1.29 is 10.0 Å². The second-order valence-corrected chi connectivity index (χ2v) is 6.28. The van der Waals surface area contributed by atoms with Crippen LogP contribution in [0.2, 0.25) is 0 Å². The summed E-state index contributed by atoms with van der Waals surface area (Å²) < 4.78 is 1.83. The smallest absolute Gasteiger partial charge is 0.423 e. The third kappa shape index (κ3) is 2.94. The summed E-state index contributed by atoms with van der Waals surface area (Å²) in [7, 11) is -1.48. The summed E-state index contributed by atoms with van der Waals surface area (Å²) in [5, 5.41) is 23.4. The van der Waals surface area contributed by atoms with E-state index in [1.165, 1.54) is 0 Å². The summed E-state index contributed by atoms with van der Waals surface area (Å²) in [6.45, 7) is 10.2. The molecular weight excluding hydrogens is 251 g/mol. The molecule has 1 aromatic carbocycles. The van der Waals surface area contributed by atoms with Gasteiger partial charge in [-0.1, -0.05) is 26.8 Å². The summed E-state index contributed by atoms with van der Waals surface area (Å²) in [6.07, 6.45) is 0. The van der Waals surface area contributed by atoms with E-state index in [-0.39, 0.29) is 5.41 Å². The number of rotatable bonds is 2. The molecule has 1 aromatic heterocycles. The summed E-state index contributed by atoms with van der Waals surface area (Å²) >= 11 is 0. The predicted octanol–water partition coefficient (Wildman–Crippen LogP) is 1.47. The molecule has 0 aliphatic carbocycles. The minimum atomic E-state index is -1.48. The van der Waals surface area contributed by atoms with Gasteiger partial charge in [-0.3, -0.25) is 0 Å². The van der Waals surface area contributed by atoms with E-state index in [0.29, 0.717) is 5.46 Å². The van der Waals surface area contributed by atoms with Crippen molar-refractivity contribution in [3.05, 3.63) is 41.2 Å². The third-order valence-electron chi connectivity index (χ3n) is 3.36. The number of hydrogen-bond donors (Lipinski definition) is 2. The maximum Gasteiger partial charge on any atom is 0.488 e. The quantitative estimate of drug-likeness (QED) is 0.814. The molecule has 0 fully saturated rings. The number of aryl methyl sites for hydroxylation is 2. The van der Waals surface area contributed by atoms with E-state index in [2.05, 4.69) is 25.9 Å². The lowest BCUT2D eigenvalue weighted by molar-refractivity contribution is 0.425. The summed E-state index contributed by atoms with van der Waals surface area (Å²) in [6, 6.07) is 7.64. The van der Waals surface area contributed by atoms with Gasteiger partial charge < -0.3 is 10.0 Å². The predicted molar refractivity (Wildman–Crippen MR) is 81.6 cm³/mol. The molecule has 4 nitrogen and oxygen atoms in total. The van der Waals surface area contributed by atoms with E-state index in [1.54, 1.807) is 6.07 Å². The molecule has 0 atom stereocenters. The molecule has 2 aromatic rings. The lowest BCUT2D eigenvalue weighted by atomic mass is 9.76. The Labute approximate surface area is 120 Å². The maximum absolute atomic E-state index is 9.49. The van der Waals surface area contributed by atoms with Crippen molar-refractivity contribution in [1.29, 1.82) is 0 Å². The zero-order chi connectivity index (χ0) is 15.1. The maximum atomic E-state index is 9.49. The van der Waals surface area contributed by atoms with Gasteiger partial charge in [-0.05, 0) is 48.5 Å². The molecule has 0 spiro atoms. The van der Waals surface area contributed by atoms with Crippen LogP contribution in [0.15, 0.2) is 24.3 Å². The van der Waals surface area contributed by atoms with E-state index < -0.39 is 7.12 Å². The number of aromatic nitrogens is 2. The zero-order valence-corrected chi connectivity index (χ0v) is 12.7. The second-order valence-electron chi connectivity index (χ2n) is 6.28. The molecule has 0 unspecified atom stereocenters. The lowest BCUT2D eigenvalue weighted by Gasteiger charge is -2.21. The van der Waals surface area contributed by atoms with Crippen molar-refractivity contribution in [2.45, 2.75) is 40.0 Å². The van der Waals surface area contributed by atoms with Gasteiger partial charge in [0.15, 0.2) is 0 Å². The first-order valence-electron chi connectivity index (χ1n) is 6.74. The minimum absolute atomic E-state index is 0.0737. The highest BCUT2D eigenvalue weighted by Crippen LogP contribution is 2.24. The zero-order valence-electron chi connectivity index (χ0n) is 12.7. The Bertz CT molecular complexity index is 627. The highest BCUT2D eigenvalue weighted by molar-refractivity contribution is 6.58. The minimum Gasteiger partial charge on any atom is -0.423 e. The van der Waals surface area contributed by atoms with Gasteiger partial charge >= 0.3 is 7.12 Å². The molecule has 0 saturated heterocycles. The van der Waals surface area contributed by atoms with Gasteiger partial charge in [0.05, 0.1) is 11.4 Å². The lowest BCUT2D eigenvalue weighted by Crippen LogP contribution is -2.32. The van der Waals surface area contributed by atoms with Crippen LogP contribution >= 0.6 is 0 Å². The Morgan fingerprint density at radius 3 is 2.15 bits per heavy atom.